The quantitative estimate of drug-likeness (QED) is 0.511. The molecule has 0 aliphatic carbocycles. The molecule has 7 heteroatoms. The van der Waals surface area contributed by atoms with Crippen molar-refractivity contribution in [2.24, 2.45) is 10.1 Å². The van der Waals surface area contributed by atoms with Crippen LogP contribution >= 0.6 is 11.8 Å². The van der Waals surface area contributed by atoms with Crippen LogP contribution in [0.5, 0.6) is 5.75 Å². The van der Waals surface area contributed by atoms with E-state index in [2.05, 4.69) is 53.5 Å². The lowest BCUT2D eigenvalue weighted by molar-refractivity contribution is 0.260. The Bertz CT molecular complexity index is 1090. The number of rotatable bonds is 4. The number of hydrogen-bond acceptors (Lipinski definition) is 5. The molecule has 4 rings (SSSR count). The predicted molar refractivity (Wildman–Crippen MR) is 134 cm³/mol. The summed E-state index contributed by atoms with van der Waals surface area (Å²) >= 11 is 1.27. The van der Waals surface area contributed by atoms with E-state index >= 15 is 0 Å². The maximum atomic E-state index is 11.8. The van der Waals surface area contributed by atoms with E-state index in [0.717, 1.165) is 53.5 Å². The number of anilines is 1. The number of carbonyl (C=O) groups excluding carboxylic acids is 1. The molecule has 0 aromatic heterocycles. The molecule has 0 unspecified atom stereocenters. The third-order valence-corrected chi connectivity index (χ3v) is 6.61. The number of nitrogens with one attached hydrogen (secondary N) is 1. The number of nitrogens with zero attached hydrogens (tertiary/aromatic N) is 3. The zero-order chi connectivity index (χ0) is 22.9. The highest BCUT2D eigenvalue weighted by Gasteiger charge is 2.35. The molecule has 168 valence electrons. The Morgan fingerprint density at radius 1 is 1.25 bits per heavy atom. The minimum atomic E-state index is -0.382. The molecule has 0 atom stereocenters. The van der Waals surface area contributed by atoms with Crippen LogP contribution in [0.3, 0.4) is 0 Å². The van der Waals surface area contributed by atoms with Gasteiger partial charge in [-0.1, -0.05) is 30.0 Å². The number of amidine groups is 1. The predicted octanol–water partition coefficient (Wildman–Crippen LogP) is 5.24. The molecular weight excluding hydrogens is 420 g/mol. The summed E-state index contributed by atoms with van der Waals surface area (Å²) in [4.78, 5) is 19.1. The molecule has 1 amide bonds. The standard InChI is InChI=1S/C25H30N4O2S/c1-16(2)26-23(19-10-6-7-11-21(19)31-5)29-14-8-9-17-15-18(12-13-20(17)29)22-25(3,4)32-24(30)28-27-22/h6-7,10-13,15-16H,8-9,14H2,1-5H3,(H,28,30). The van der Waals surface area contributed by atoms with Crippen LogP contribution in [0.4, 0.5) is 10.5 Å². The second-order valence-electron chi connectivity index (χ2n) is 8.82. The van der Waals surface area contributed by atoms with Crippen molar-refractivity contribution in [3.8, 4) is 5.75 Å². The minimum Gasteiger partial charge on any atom is -0.496 e. The first-order valence-corrected chi connectivity index (χ1v) is 11.8. The second kappa shape index (κ2) is 8.98. The van der Waals surface area contributed by atoms with Gasteiger partial charge < -0.3 is 9.64 Å². The maximum absolute atomic E-state index is 11.8. The molecule has 2 aliphatic heterocycles. The number of aliphatic imine (C=N–C) groups is 1. The highest BCUT2D eigenvalue weighted by molar-refractivity contribution is 8.15. The molecule has 2 aliphatic rings. The Morgan fingerprint density at radius 2 is 2.03 bits per heavy atom. The summed E-state index contributed by atoms with van der Waals surface area (Å²) in [6, 6.07) is 14.7. The van der Waals surface area contributed by atoms with E-state index < -0.39 is 0 Å². The van der Waals surface area contributed by atoms with Gasteiger partial charge in [-0.2, -0.15) is 5.10 Å². The topological polar surface area (TPSA) is 66.3 Å². The van der Waals surface area contributed by atoms with Crippen molar-refractivity contribution in [3.05, 3.63) is 59.2 Å². The van der Waals surface area contributed by atoms with Gasteiger partial charge in [0.25, 0.3) is 5.24 Å². The van der Waals surface area contributed by atoms with Gasteiger partial charge in [0.2, 0.25) is 0 Å². The van der Waals surface area contributed by atoms with Crippen molar-refractivity contribution in [2.45, 2.75) is 51.3 Å². The van der Waals surface area contributed by atoms with Crippen molar-refractivity contribution in [1.29, 1.82) is 0 Å². The molecule has 32 heavy (non-hydrogen) atoms. The van der Waals surface area contributed by atoms with E-state index in [1.54, 1.807) is 7.11 Å². The van der Waals surface area contributed by atoms with Crippen molar-refractivity contribution in [3.63, 3.8) is 0 Å². The molecule has 0 spiro atoms. The fourth-order valence-corrected chi connectivity index (χ4v) is 5.09. The van der Waals surface area contributed by atoms with Gasteiger partial charge in [-0.3, -0.25) is 9.79 Å². The highest BCUT2D eigenvalue weighted by Crippen LogP contribution is 2.36. The fraction of sp³-hybridized carbons (Fsp3) is 0.400. The summed E-state index contributed by atoms with van der Waals surface area (Å²) in [6.45, 7) is 9.16. The molecule has 0 radical (unpaired) electrons. The fourth-order valence-electron chi connectivity index (χ4n) is 4.27. The van der Waals surface area contributed by atoms with Gasteiger partial charge in [-0.05, 0) is 75.9 Å². The summed E-state index contributed by atoms with van der Waals surface area (Å²) in [7, 11) is 1.70. The van der Waals surface area contributed by atoms with Crippen LogP contribution in [-0.2, 0) is 6.42 Å². The summed E-state index contributed by atoms with van der Waals surface area (Å²) in [5.41, 5.74) is 7.98. The van der Waals surface area contributed by atoms with Gasteiger partial charge in [0.15, 0.2) is 0 Å². The average molecular weight is 451 g/mol. The first kappa shape index (κ1) is 22.4. The van der Waals surface area contributed by atoms with Crippen molar-refractivity contribution in [1.82, 2.24) is 5.43 Å². The Hall–Kier alpha value is -2.80. The number of fused-ring (bicyclic) bond motifs is 1. The third kappa shape index (κ3) is 4.39. The minimum absolute atomic E-state index is 0.116. The Labute approximate surface area is 194 Å². The molecule has 2 aromatic rings. The molecule has 1 N–H and O–H groups in total. The number of ether oxygens (including phenoxy) is 1. The lowest BCUT2D eigenvalue weighted by atomic mass is 9.93. The number of carbonyl (C=O) groups is 1. The van der Waals surface area contributed by atoms with Gasteiger partial charge in [0.05, 0.1) is 23.1 Å². The largest absolute Gasteiger partial charge is 0.496 e. The molecular formula is C25H30N4O2S. The molecule has 2 aromatic carbocycles. The smallest absolute Gasteiger partial charge is 0.300 e. The number of thioether (sulfide) groups is 1. The SMILES string of the molecule is COc1ccccc1C(=NC(C)C)N1CCCc2cc(C3=NNC(=O)SC3(C)C)ccc21. The normalized spacial score (nSPS) is 18.2. The summed E-state index contributed by atoms with van der Waals surface area (Å²) in [6.07, 6.45) is 2.03. The summed E-state index contributed by atoms with van der Waals surface area (Å²) in [5.74, 6) is 1.76. The summed E-state index contributed by atoms with van der Waals surface area (Å²) in [5, 5.41) is 4.27. The van der Waals surface area contributed by atoms with Gasteiger partial charge in [-0.15, -0.1) is 0 Å². The Morgan fingerprint density at radius 3 is 2.75 bits per heavy atom. The van der Waals surface area contributed by atoms with E-state index in [0.29, 0.717) is 0 Å². The van der Waals surface area contributed by atoms with E-state index in [1.165, 1.54) is 17.3 Å². The van der Waals surface area contributed by atoms with Crippen molar-refractivity contribution < 1.29 is 9.53 Å². The molecule has 0 bridgehead atoms. The molecule has 2 heterocycles. The number of hydrogen-bond donors (Lipinski definition) is 1. The average Bonchev–Trinajstić information content (AvgIpc) is 2.76. The van der Waals surface area contributed by atoms with Crippen LogP contribution in [0, 0.1) is 0 Å². The van der Waals surface area contributed by atoms with Crippen LogP contribution in [-0.4, -0.2) is 41.2 Å². The number of benzene rings is 2. The number of hydrazone groups is 1. The van der Waals surface area contributed by atoms with Gasteiger partial charge in [-0.25, -0.2) is 5.43 Å². The van der Waals surface area contributed by atoms with Gasteiger partial charge in [0.1, 0.15) is 11.6 Å². The van der Waals surface area contributed by atoms with Crippen LogP contribution in [0.15, 0.2) is 52.6 Å². The van der Waals surface area contributed by atoms with Gasteiger partial charge >= 0.3 is 0 Å². The molecule has 0 saturated carbocycles. The molecule has 6 nitrogen and oxygen atoms in total. The number of amides is 1. The van der Waals surface area contributed by atoms with Crippen LogP contribution in [0.25, 0.3) is 0 Å². The zero-order valence-corrected chi connectivity index (χ0v) is 20.1. The van der Waals surface area contributed by atoms with Crippen LogP contribution in [0.1, 0.15) is 50.8 Å². The highest BCUT2D eigenvalue weighted by atomic mass is 32.2. The van der Waals surface area contributed by atoms with E-state index in [1.807, 2.05) is 32.0 Å². The Kier molecular flexibility index (Phi) is 6.29. The first-order valence-electron chi connectivity index (χ1n) is 11.0. The van der Waals surface area contributed by atoms with Crippen LogP contribution in [0.2, 0.25) is 0 Å². The first-order chi connectivity index (χ1) is 15.3. The second-order valence-corrected chi connectivity index (χ2v) is 10.4. The Balaban J connectivity index is 1.77. The molecule has 0 fully saturated rings. The monoisotopic (exact) mass is 450 g/mol. The maximum Gasteiger partial charge on any atom is 0.300 e. The van der Waals surface area contributed by atoms with Crippen molar-refractivity contribution in [2.75, 3.05) is 18.6 Å². The lowest BCUT2D eigenvalue weighted by Gasteiger charge is -2.34. The lowest BCUT2D eigenvalue weighted by Crippen LogP contribution is -2.39. The number of methoxy groups -OCH3 is 1. The van der Waals surface area contributed by atoms with Crippen molar-refractivity contribution >= 4 is 34.2 Å². The number of aryl methyl sites for hydroxylation is 1. The van der Waals surface area contributed by atoms with E-state index in [4.69, 9.17) is 9.73 Å². The third-order valence-electron chi connectivity index (χ3n) is 5.63. The van der Waals surface area contributed by atoms with Gasteiger partial charge in [0, 0.05) is 18.3 Å². The van der Waals surface area contributed by atoms with E-state index in [-0.39, 0.29) is 16.0 Å². The number of para-hydroxylation sites is 1. The van der Waals surface area contributed by atoms with Crippen LogP contribution < -0.4 is 15.1 Å². The van der Waals surface area contributed by atoms with E-state index in [9.17, 15) is 4.79 Å². The molecule has 0 saturated heterocycles. The zero-order valence-electron chi connectivity index (χ0n) is 19.3. The summed E-state index contributed by atoms with van der Waals surface area (Å²) < 4.78 is 5.27.